The third kappa shape index (κ3) is 1.94. The zero-order valence-electron chi connectivity index (χ0n) is 10.0. The molecule has 0 amide bonds. The molecule has 108 valence electrons. The van der Waals surface area contributed by atoms with E-state index in [4.69, 9.17) is 10.5 Å². The predicted molar refractivity (Wildman–Crippen MR) is 74.4 cm³/mol. The molecule has 0 aliphatic carbocycles. The zero-order chi connectivity index (χ0) is 14.4. The number of rotatable bonds is 2. The summed E-state index contributed by atoms with van der Waals surface area (Å²) in [5, 5.41) is 24.4. The van der Waals surface area contributed by atoms with Gasteiger partial charge in [-0.1, -0.05) is 0 Å². The summed E-state index contributed by atoms with van der Waals surface area (Å²) in [7, 11) is 0. The first-order valence-corrected chi connectivity index (χ1v) is 6.84. The van der Waals surface area contributed by atoms with Gasteiger partial charge in [0.05, 0.1) is 5.39 Å². The van der Waals surface area contributed by atoms with E-state index in [-0.39, 0.29) is 5.82 Å². The standard InChI is InChI=1S/C10H11FIN5O3/c11-1-3-5(18)6(19)10(20-3)17-9-4(7(12)16-17)8(13)14-2-15-9/h2-3,5-6,10,18-19H,1H2,(H2,13,14,15)/t3-,5-,6-,10-/m1/s1. The largest absolute Gasteiger partial charge is 0.387 e. The van der Waals surface area contributed by atoms with Crippen LogP contribution in [0.2, 0.25) is 0 Å². The van der Waals surface area contributed by atoms with Crippen LogP contribution in [-0.4, -0.2) is 54.9 Å². The lowest BCUT2D eigenvalue weighted by molar-refractivity contribution is -0.0475. The topological polar surface area (TPSA) is 119 Å². The quantitative estimate of drug-likeness (QED) is 0.593. The van der Waals surface area contributed by atoms with Crippen molar-refractivity contribution >= 4 is 39.4 Å². The number of aliphatic hydroxyl groups is 2. The number of nitrogens with two attached hydrogens (primary N) is 1. The van der Waals surface area contributed by atoms with Crippen LogP contribution in [0.1, 0.15) is 6.23 Å². The number of halogens is 2. The van der Waals surface area contributed by atoms with Gasteiger partial charge in [-0.2, -0.15) is 5.10 Å². The summed E-state index contributed by atoms with van der Waals surface area (Å²) in [4.78, 5) is 7.92. The summed E-state index contributed by atoms with van der Waals surface area (Å²) in [6, 6.07) is 0. The number of aliphatic hydroxyl groups excluding tert-OH is 2. The highest BCUT2D eigenvalue weighted by molar-refractivity contribution is 14.1. The Balaban J connectivity index is 2.10. The molecule has 4 atom stereocenters. The highest BCUT2D eigenvalue weighted by atomic mass is 127. The van der Waals surface area contributed by atoms with Crippen LogP contribution in [0.5, 0.6) is 0 Å². The fourth-order valence-electron chi connectivity index (χ4n) is 2.19. The maximum atomic E-state index is 12.7. The number of hydrogen-bond acceptors (Lipinski definition) is 7. The molecule has 20 heavy (non-hydrogen) atoms. The van der Waals surface area contributed by atoms with Gasteiger partial charge in [-0.15, -0.1) is 0 Å². The zero-order valence-corrected chi connectivity index (χ0v) is 12.2. The van der Waals surface area contributed by atoms with Crippen LogP contribution < -0.4 is 5.73 Å². The maximum Gasteiger partial charge on any atom is 0.181 e. The molecule has 3 heterocycles. The lowest BCUT2D eigenvalue weighted by Gasteiger charge is -2.15. The Labute approximate surface area is 125 Å². The molecule has 0 unspecified atom stereocenters. The summed E-state index contributed by atoms with van der Waals surface area (Å²) < 4.78 is 19.8. The number of alkyl halides is 1. The second-order valence-corrected chi connectivity index (χ2v) is 5.42. The number of hydrogen-bond donors (Lipinski definition) is 3. The highest BCUT2D eigenvalue weighted by Gasteiger charge is 2.45. The Morgan fingerprint density at radius 3 is 2.80 bits per heavy atom. The molecule has 0 saturated carbocycles. The monoisotopic (exact) mass is 395 g/mol. The minimum absolute atomic E-state index is 0.251. The Morgan fingerprint density at radius 1 is 1.40 bits per heavy atom. The number of aromatic nitrogens is 4. The fourth-order valence-corrected chi connectivity index (χ4v) is 2.94. The van der Waals surface area contributed by atoms with Crippen LogP contribution in [0.25, 0.3) is 11.0 Å². The van der Waals surface area contributed by atoms with Gasteiger partial charge in [0.2, 0.25) is 0 Å². The van der Waals surface area contributed by atoms with Crippen molar-refractivity contribution in [1.29, 1.82) is 0 Å². The van der Waals surface area contributed by atoms with Gasteiger partial charge in [-0.3, -0.25) is 0 Å². The van der Waals surface area contributed by atoms with Crippen molar-refractivity contribution in [2.45, 2.75) is 24.5 Å². The van der Waals surface area contributed by atoms with Gasteiger partial charge in [0.15, 0.2) is 11.9 Å². The minimum atomic E-state index is -1.32. The van der Waals surface area contributed by atoms with Gasteiger partial charge in [-0.25, -0.2) is 19.0 Å². The van der Waals surface area contributed by atoms with Crippen LogP contribution in [0.4, 0.5) is 10.2 Å². The lowest BCUT2D eigenvalue weighted by Crippen LogP contribution is -2.32. The molecule has 0 spiro atoms. The first-order chi connectivity index (χ1) is 9.54. The Bertz CT molecular complexity index is 653. The highest BCUT2D eigenvalue weighted by Crippen LogP contribution is 2.33. The second kappa shape index (κ2) is 5.02. The molecule has 0 aromatic carbocycles. The van der Waals surface area contributed by atoms with Gasteiger partial charge in [0, 0.05) is 0 Å². The first kappa shape index (κ1) is 13.9. The lowest BCUT2D eigenvalue weighted by atomic mass is 10.1. The molecule has 2 aromatic heterocycles. The van der Waals surface area contributed by atoms with Crippen molar-refractivity contribution in [3.05, 3.63) is 10.0 Å². The molecule has 4 N–H and O–H groups in total. The van der Waals surface area contributed by atoms with Crippen molar-refractivity contribution < 1.29 is 19.3 Å². The molecule has 1 fully saturated rings. The van der Waals surface area contributed by atoms with Gasteiger partial charge in [0.1, 0.15) is 40.8 Å². The number of nitrogen functional groups attached to an aromatic ring is 1. The molecule has 3 rings (SSSR count). The Morgan fingerprint density at radius 2 is 2.15 bits per heavy atom. The van der Waals surface area contributed by atoms with Gasteiger partial charge in [-0.05, 0) is 22.6 Å². The van der Waals surface area contributed by atoms with E-state index in [2.05, 4.69) is 15.1 Å². The third-order valence-electron chi connectivity index (χ3n) is 3.21. The molecule has 8 nitrogen and oxygen atoms in total. The van der Waals surface area contributed by atoms with Crippen molar-refractivity contribution in [2.75, 3.05) is 12.4 Å². The number of fused-ring (bicyclic) bond motifs is 1. The third-order valence-corrected chi connectivity index (χ3v) is 3.96. The van der Waals surface area contributed by atoms with Crippen LogP contribution in [0.3, 0.4) is 0 Å². The van der Waals surface area contributed by atoms with Crippen molar-refractivity contribution in [3.63, 3.8) is 0 Å². The van der Waals surface area contributed by atoms with E-state index in [9.17, 15) is 14.6 Å². The van der Waals surface area contributed by atoms with E-state index in [0.29, 0.717) is 14.7 Å². The predicted octanol–water partition coefficient (Wildman–Crippen LogP) is -0.398. The van der Waals surface area contributed by atoms with Gasteiger partial charge in [0.25, 0.3) is 0 Å². The summed E-state index contributed by atoms with van der Waals surface area (Å²) in [5.41, 5.74) is 6.12. The first-order valence-electron chi connectivity index (χ1n) is 5.76. The van der Waals surface area contributed by atoms with E-state index < -0.39 is 31.2 Å². The maximum absolute atomic E-state index is 12.7. The molecule has 0 radical (unpaired) electrons. The average Bonchev–Trinajstić information content (AvgIpc) is 2.90. The van der Waals surface area contributed by atoms with Crippen LogP contribution >= 0.6 is 22.6 Å². The molecule has 1 saturated heterocycles. The second-order valence-electron chi connectivity index (χ2n) is 4.39. The minimum Gasteiger partial charge on any atom is -0.387 e. The van der Waals surface area contributed by atoms with Crippen molar-refractivity contribution in [2.24, 2.45) is 0 Å². The molecule has 1 aliphatic rings. The number of nitrogens with zero attached hydrogens (tertiary/aromatic N) is 4. The van der Waals surface area contributed by atoms with E-state index in [0.717, 1.165) is 0 Å². The number of anilines is 1. The number of ether oxygens (including phenoxy) is 1. The fraction of sp³-hybridized carbons (Fsp3) is 0.500. The van der Waals surface area contributed by atoms with Crippen LogP contribution in [0.15, 0.2) is 6.33 Å². The molecular formula is C10H11FIN5O3. The van der Waals surface area contributed by atoms with Gasteiger partial charge >= 0.3 is 0 Å². The molecule has 2 aromatic rings. The van der Waals surface area contributed by atoms with E-state index in [1.54, 1.807) is 0 Å². The Hall–Kier alpha value is -1.11. The average molecular weight is 395 g/mol. The van der Waals surface area contributed by atoms with Crippen LogP contribution in [-0.2, 0) is 4.74 Å². The van der Waals surface area contributed by atoms with E-state index in [1.807, 2.05) is 22.6 Å². The molecular weight excluding hydrogens is 384 g/mol. The van der Waals surface area contributed by atoms with Crippen molar-refractivity contribution in [3.8, 4) is 0 Å². The summed E-state index contributed by atoms with van der Waals surface area (Å²) in [6.07, 6.45) is -3.47. The smallest absolute Gasteiger partial charge is 0.181 e. The van der Waals surface area contributed by atoms with E-state index in [1.165, 1.54) is 11.0 Å². The Kier molecular flexibility index (Phi) is 3.48. The molecule has 1 aliphatic heterocycles. The normalized spacial score (nSPS) is 30.2. The summed E-state index contributed by atoms with van der Waals surface area (Å²) >= 11 is 1.95. The van der Waals surface area contributed by atoms with Crippen molar-refractivity contribution in [1.82, 2.24) is 19.7 Å². The van der Waals surface area contributed by atoms with Gasteiger partial charge < -0.3 is 20.7 Å². The molecule has 0 bridgehead atoms. The SMILES string of the molecule is Nc1ncnc2c1c(I)nn2[C@@H]1O[C@H](CF)[C@@H](O)[C@H]1O. The van der Waals surface area contributed by atoms with E-state index >= 15 is 0 Å². The summed E-state index contributed by atoms with van der Waals surface area (Å²) in [6.45, 7) is -0.901. The summed E-state index contributed by atoms with van der Waals surface area (Å²) in [5.74, 6) is 0.251. The van der Waals surface area contributed by atoms with Crippen LogP contribution in [0, 0.1) is 3.70 Å². The molecule has 10 heteroatoms.